The van der Waals surface area contributed by atoms with Crippen LogP contribution < -0.4 is 10.1 Å². The monoisotopic (exact) mass is 390 g/mol. The molecular formula is C18H16ClFN4O3. The molecule has 140 valence electrons. The topological polar surface area (TPSA) is 86.2 Å². The predicted molar refractivity (Wildman–Crippen MR) is 99.8 cm³/mol. The highest BCUT2D eigenvalue weighted by atomic mass is 35.5. The zero-order chi connectivity index (χ0) is 19.8. The number of aromatic nitrogens is 3. The Morgan fingerprint density at radius 3 is 2.74 bits per heavy atom. The molecule has 0 aliphatic carbocycles. The Morgan fingerprint density at radius 1 is 1.33 bits per heavy atom. The van der Waals surface area contributed by atoms with Gasteiger partial charge in [0.25, 0.3) is 5.91 Å². The van der Waals surface area contributed by atoms with Gasteiger partial charge in [-0.15, -0.1) is 0 Å². The Balaban J connectivity index is 2.07. The lowest BCUT2D eigenvalue weighted by atomic mass is 10.1. The number of halogens is 2. The third kappa shape index (κ3) is 6.19. The van der Waals surface area contributed by atoms with Crippen LogP contribution in [-0.4, -0.2) is 34.6 Å². The Bertz CT molecular complexity index is 884. The summed E-state index contributed by atoms with van der Waals surface area (Å²) in [5, 5.41) is 3.00. The van der Waals surface area contributed by atoms with Gasteiger partial charge >= 0.3 is 0 Å². The quantitative estimate of drug-likeness (QED) is 0.547. The van der Waals surface area contributed by atoms with Gasteiger partial charge in [0.15, 0.2) is 6.61 Å². The van der Waals surface area contributed by atoms with E-state index in [4.69, 9.17) is 21.1 Å². The largest absolute Gasteiger partial charge is 0.497 e. The van der Waals surface area contributed by atoms with Crippen LogP contribution in [0.4, 0.5) is 10.2 Å². The number of ether oxygens (including phenoxy) is 2. The van der Waals surface area contributed by atoms with Crippen molar-refractivity contribution in [2.75, 3.05) is 19.0 Å². The van der Waals surface area contributed by atoms with E-state index in [0.29, 0.717) is 10.7 Å². The molecule has 0 aliphatic heterocycles. The highest BCUT2D eigenvalue weighted by molar-refractivity contribution is 6.30. The van der Waals surface area contributed by atoms with Crippen LogP contribution in [0.25, 0.3) is 5.57 Å². The van der Waals surface area contributed by atoms with Crippen molar-refractivity contribution in [3.63, 3.8) is 0 Å². The molecule has 2 heterocycles. The zero-order valence-electron chi connectivity index (χ0n) is 14.4. The molecule has 0 spiro atoms. The molecule has 7 nitrogen and oxygen atoms in total. The highest BCUT2D eigenvalue weighted by Crippen LogP contribution is 2.23. The molecule has 0 unspecified atom stereocenters. The van der Waals surface area contributed by atoms with Gasteiger partial charge in [-0.2, -0.15) is 0 Å². The molecule has 2 aromatic heterocycles. The van der Waals surface area contributed by atoms with Crippen LogP contribution in [0.1, 0.15) is 5.69 Å². The van der Waals surface area contributed by atoms with Crippen LogP contribution in [0.3, 0.4) is 0 Å². The first-order valence-corrected chi connectivity index (χ1v) is 7.93. The summed E-state index contributed by atoms with van der Waals surface area (Å²) in [5.74, 6) is -0.543. The number of carbonyl (C=O) groups is 1. The second kappa shape index (κ2) is 9.44. The number of nitrogens with one attached hydrogen (secondary N) is 1. The van der Waals surface area contributed by atoms with E-state index < -0.39 is 11.7 Å². The van der Waals surface area contributed by atoms with Crippen LogP contribution in [0.2, 0.25) is 5.02 Å². The molecule has 1 amide bonds. The van der Waals surface area contributed by atoms with Gasteiger partial charge in [-0.1, -0.05) is 24.8 Å². The van der Waals surface area contributed by atoms with Crippen LogP contribution in [0.15, 0.2) is 61.5 Å². The summed E-state index contributed by atoms with van der Waals surface area (Å²) >= 11 is 5.73. The summed E-state index contributed by atoms with van der Waals surface area (Å²) in [4.78, 5) is 23.9. The van der Waals surface area contributed by atoms with Crippen molar-refractivity contribution in [3.05, 3.63) is 72.3 Å². The number of nitrogens with zero attached hydrogens (tertiary/aromatic N) is 3. The molecule has 0 atom stereocenters. The first-order valence-electron chi connectivity index (χ1n) is 7.55. The van der Waals surface area contributed by atoms with Gasteiger partial charge < -0.3 is 14.8 Å². The van der Waals surface area contributed by atoms with E-state index in [1.165, 1.54) is 31.8 Å². The first-order chi connectivity index (χ1) is 12.9. The molecule has 2 rings (SSSR count). The molecular weight excluding hydrogens is 375 g/mol. The average molecular weight is 391 g/mol. The summed E-state index contributed by atoms with van der Waals surface area (Å²) in [5.41, 5.74) is 0.566. The summed E-state index contributed by atoms with van der Waals surface area (Å²) < 4.78 is 23.5. The van der Waals surface area contributed by atoms with E-state index >= 15 is 0 Å². The van der Waals surface area contributed by atoms with Crippen molar-refractivity contribution in [2.24, 2.45) is 0 Å². The van der Waals surface area contributed by atoms with Crippen molar-refractivity contribution in [2.45, 2.75) is 0 Å². The maximum atomic E-state index is 13.2. The molecule has 0 saturated heterocycles. The van der Waals surface area contributed by atoms with Crippen LogP contribution in [0.5, 0.6) is 5.88 Å². The van der Waals surface area contributed by atoms with Gasteiger partial charge in [0.05, 0.1) is 17.8 Å². The smallest absolute Gasteiger partial charge is 0.263 e. The number of allylic oxidation sites excluding steroid dienone is 3. The fourth-order valence-electron chi connectivity index (χ4n) is 1.90. The van der Waals surface area contributed by atoms with Crippen molar-refractivity contribution in [1.82, 2.24) is 15.0 Å². The number of carbonyl (C=O) groups excluding carboxylic acids is 1. The lowest BCUT2D eigenvalue weighted by Gasteiger charge is -2.11. The zero-order valence-corrected chi connectivity index (χ0v) is 15.2. The number of anilines is 1. The SMILES string of the molecule is C=C(F)/C=C(\C(=C)OC)c1cc(NC(=O)COc2ccc(Cl)cn2)ncn1. The third-order valence-electron chi connectivity index (χ3n) is 3.11. The standard InChI is InChI=1S/C18H16ClFN4O3/c1-11(20)6-14(12(2)26-3)15-7-16(23-10-22-15)24-17(25)9-27-18-5-4-13(19)8-21-18/h4-8,10H,1-2,9H2,3H3,(H,22,23,24,25)/b14-6+. The Labute approximate surface area is 160 Å². The highest BCUT2D eigenvalue weighted by Gasteiger charge is 2.12. The number of hydrogen-bond acceptors (Lipinski definition) is 6. The molecule has 0 radical (unpaired) electrons. The Morgan fingerprint density at radius 2 is 2.11 bits per heavy atom. The normalized spacial score (nSPS) is 10.9. The van der Waals surface area contributed by atoms with Gasteiger partial charge in [-0.3, -0.25) is 4.79 Å². The van der Waals surface area contributed by atoms with Crippen molar-refractivity contribution in [3.8, 4) is 5.88 Å². The minimum Gasteiger partial charge on any atom is -0.497 e. The number of hydrogen-bond donors (Lipinski definition) is 1. The van der Waals surface area contributed by atoms with Crippen LogP contribution >= 0.6 is 11.6 Å². The summed E-state index contributed by atoms with van der Waals surface area (Å²) in [7, 11) is 1.39. The van der Waals surface area contributed by atoms with Gasteiger partial charge in [-0.25, -0.2) is 19.3 Å². The fraction of sp³-hybridized carbons (Fsp3) is 0.111. The van der Waals surface area contributed by atoms with E-state index in [-0.39, 0.29) is 29.6 Å². The van der Waals surface area contributed by atoms with Crippen LogP contribution in [-0.2, 0) is 9.53 Å². The minimum absolute atomic E-state index is 0.182. The van der Waals surface area contributed by atoms with E-state index in [1.54, 1.807) is 6.07 Å². The van der Waals surface area contributed by atoms with Crippen molar-refractivity contribution >= 4 is 28.9 Å². The second-order valence-electron chi connectivity index (χ2n) is 5.07. The molecule has 9 heteroatoms. The van der Waals surface area contributed by atoms with Gasteiger partial charge in [0.1, 0.15) is 23.7 Å². The van der Waals surface area contributed by atoms with Gasteiger partial charge in [0, 0.05) is 23.9 Å². The number of methoxy groups -OCH3 is 1. The molecule has 2 aromatic rings. The van der Waals surface area contributed by atoms with Crippen molar-refractivity contribution < 1.29 is 18.7 Å². The summed E-state index contributed by atoms with van der Waals surface area (Å²) in [6, 6.07) is 4.57. The molecule has 0 bridgehead atoms. The minimum atomic E-state index is -0.698. The number of pyridine rings is 1. The lowest BCUT2D eigenvalue weighted by molar-refractivity contribution is -0.118. The predicted octanol–water partition coefficient (Wildman–Crippen LogP) is 3.57. The van der Waals surface area contributed by atoms with E-state index in [0.717, 1.165) is 6.08 Å². The molecule has 1 N–H and O–H groups in total. The van der Waals surface area contributed by atoms with E-state index in [9.17, 15) is 9.18 Å². The third-order valence-corrected chi connectivity index (χ3v) is 3.33. The lowest BCUT2D eigenvalue weighted by Crippen LogP contribution is -2.21. The molecule has 0 aliphatic rings. The molecule has 0 fully saturated rings. The van der Waals surface area contributed by atoms with Crippen molar-refractivity contribution in [1.29, 1.82) is 0 Å². The van der Waals surface area contributed by atoms with E-state index in [2.05, 4.69) is 33.4 Å². The number of amides is 1. The van der Waals surface area contributed by atoms with E-state index in [1.807, 2.05) is 0 Å². The molecule has 27 heavy (non-hydrogen) atoms. The molecule has 0 saturated carbocycles. The fourth-order valence-corrected chi connectivity index (χ4v) is 2.01. The molecule has 0 aromatic carbocycles. The average Bonchev–Trinajstić information content (AvgIpc) is 2.65. The summed E-state index contributed by atoms with van der Waals surface area (Å²) in [6.07, 6.45) is 3.74. The first kappa shape index (κ1) is 20.1. The van der Waals surface area contributed by atoms with Gasteiger partial charge in [-0.05, 0) is 12.1 Å². The Hall–Kier alpha value is -3.26. The second-order valence-corrected chi connectivity index (χ2v) is 5.51. The van der Waals surface area contributed by atoms with Crippen LogP contribution in [0, 0.1) is 0 Å². The Kier molecular flexibility index (Phi) is 7.01. The summed E-state index contributed by atoms with van der Waals surface area (Å²) in [6.45, 7) is 6.57. The maximum absolute atomic E-state index is 13.2. The number of rotatable bonds is 8. The maximum Gasteiger partial charge on any atom is 0.263 e. The van der Waals surface area contributed by atoms with Gasteiger partial charge in [0.2, 0.25) is 5.88 Å².